The number of nitrogens with one attached hydrogen (secondary N) is 1. The molecule has 1 aliphatic rings. The minimum Gasteiger partial charge on any atom is -0.490 e. The van der Waals surface area contributed by atoms with E-state index in [4.69, 9.17) is 10.5 Å². The molecule has 0 saturated carbocycles. The van der Waals surface area contributed by atoms with Gasteiger partial charge in [0, 0.05) is 25.7 Å². The van der Waals surface area contributed by atoms with Gasteiger partial charge < -0.3 is 20.5 Å². The standard InChI is InChI=1S/C17H25F2N3O3/c1-2-24-15-9-12(3-4-14(15)25-17(18)19)10-21-13-5-7-22(8-6-13)11-16(20)23/h3-4,9,13,17,21H,2,5-8,10-11H2,1H3,(H2,20,23). The SMILES string of the molecule is CCOc1cc(CNC2CCN(CC(N)=O)CC2)ccc1OC(F)F. The highest BCUT2D eigenvalue weighted by Gasteiger charge is 2.20. The van der Waals surface area contributed by atoms with Crippen LogP contribution >= 0.6 is 0 Å². The van der Waals surface area contributed by atoms with E-state index in [0.717, 1.165) is 31.5 Å². The fourth-order valence-electron chi connectivity index (χ4n) is 2.90. The van der Waals surface area contributed by atoms with Crippen LogP contribution in [0.5, 0.6) is 11.5 Å². The Morgan fingerprint density at radius 3 is 2.68 bits per heavy atom. The Bertz CT molecular complexity index is 564. The molecule has 1 amide bonds. The number of likely N-dealkylation sites (tertiary alicyclic amines) is 1. The molecule has 0 aliphatic carbocycles. The lowest BCUT2D eigenvalue weighted by atomic mass is 10.0. The highest BCUT2D eigenvalue weighted by molar-refractivity contribution is 5.75. The predicted molar refractivity (Wildman–Crippen MR) is 89.7 cm³/mol. The van der Waals surface area contributed by atoms with Gasteiger partial charge in [-0.05, 0) is 37.5 Å². The molecule has 0 radical (unpaired) electrons. The number of primary amides is 1. The largest absolute Gasteiger partial charge is 0.490 e. The quantitative estimate of drug-likeness (QED) is 0.704. The number of alkyl halides is 2. The summed E-state index contributed by atoms with van der Waals surface area (Å²) >= 11 is 0. The van der Waals surface area contributed by atoms with Crippen LogP contribution in [0.2, 0.25) is 0 Å². The van der Waals surface area contributed by atoms with E-state index in [0.29, 0.717) is 31.5 Å². The minimum atomic E-state index is -2.88. The van der Waals surface area contributed by atoms with Crippen molar-refractivity contribution < 1.29 is 23.0 Å². The molecule has 0 bridgehead atoms. The summed E-state index contributed by atoms with van der Waals surface area (Å²) in [5, 5.41) is 3.45. The molecule has 8 heteroatoms. The number of nitrogens with two attached hydrogens (primary N) is 1. The zero-order valence-corrected chi connectivity index (χ0v) is 14.3. The smallest absolute Gasteiger partial charge is 0.387 e. The van der Waals surface area contributed by atoms with Gasteiger partial charge in [-0.25, -0.2) is 0 Å². The van der Waals surface area contributed by atoms with Crippen LogP contribution in [0, 0.1) is 0 Å². The maximum absolute atomic E-state index is 12.4. The van der Waals surface area contributed by atoms with Crippen LogP contribution in [0.25, 0.3) is 0 Å². The first-order valence-corrected chi connectivity index (χ1v) is 8.42. The van der Waals surface area contributed by atoms with E-state index in [1.54, 1.807) is 19.1 Å². The van der Waals surface area contributed by atoms with Crippen LogP contribution in [0.3, 0.4) is 0 Å². The number of hydrogen-bond acceptors (Lipinski definition) is 5. The molecular weight excluding hydrogens is 332 g/mol. The van der Waals surface area contributed by atoms with Crippen molar-refractivity contribution in [3.63, 3.8) is 0 Å². The molecule has 2 rings (SSSR count). The third-order valence-corrected chi connectivity index (χ3v) is 4.09. The first-order valence-electron chi connectivity index (χ1n) is 8.42. The maximum Gasteiger partial charge on any atom is 0.387 e. The lowest BCUT2D eigenvalue weighted by Crippen LogP contribution is -2.45. The van der Waals surface area contributed by atoms with Gasteiger partial charge in [-0.15, -0.1) is 0 Å². The van der Waals surface area contributed by atoms with Crippen LogP contribution in [0.4, 0.5) is 8.78 Å². The molecule has 1 aromatic carbocycles. The molecule has 25 heavy (non-hydrogen) atoms. The fourth-order valence-corrected chi connectivity index (χ4v) is 2.90. The van der Waals surface area contributed by atoms with Gasteiger partial charge in [0.15, 0.2) is 11.5 Å². The van der Waals surface area contributed by atoms with Gasteiger partial charge in [0.1, 0.15) is 0 Å². The number of carbonyl (C=O) groups is 1. The normalized spacial score (nSPS) is 16.2. The summed E-state index contributed by atoms with van der Waals surface area (Å²) in [6, 6.07) is 5.31. The zero-order valence-electron chi connectivity index (χ0n) is 14.3. The van der Waals surface area contributed by atoms with Crippen molar-refractivity contribution in [2.75, 3.05) is 26.2 Å². The molecule has 0 aromatic heterocycles. The molecule has 0 unspecified atom stereocenters. The number of amides is 1. The Kier molecular flexibility index (Phi) is 7.39. The Balaban J connectivity index is 1.86. The minimum absolute atomic E-state index is 0.0420. The molecule has 1 aliphatic heterocycles. The second-order valence-corrected chi connectivity index (χ2v) is 5.99. The van der Waals surface area contributed by atoms with Gasteiger partial charge in [0.05, 0.1) is 13.2 Å². The van der Waals surface area contributed by atoms with Crippen molar-refractivity contribution in [2.45, 2.75) is 39.0 Å². The third-order valence-electron chi connectivity index (χ3n) is 4.09. The monoisotopic (exact) mass is 357 g/mol. The van der Waals surface area contributed by atoms with Crippen LogP contribution in [0.1, 0.15) is 25.3 Å². The van der Waals surface area contributed by atoms with Crippen molar-refractivity contribution in [1.29, 1.82) is 0 Å². The predicted octanol–water partition coefficient (Wildman–Crippen LogP) is 1.73. The van der Waals surface area contributed by atoms with Gasteiger partial charge in [0.25, 0.3) is 0 Å². The average Bonchev–Trinajstić information content (AvgIpc) is 2.55. The second-order valence-electron chi connectivity index (χ2n) is 5.99. The Morgan fingerprint density at radius 2 is 2.08 bits per heavy atom. The first-order chi connectivity index (χ1) is 12.0. The molecule has 0 spiro atoms. The number of ether oxygens (including phenoxy) is 2. The van der Waals surface area contributed by atoms with Gasteiger partial charge in [-0.3, -0.25) is 9.69 Å². The molecular formula is C17H25F2N3O3. The number of halogens is 2. The maximum atomic E-state index is 12.4. The lowest BCUT2D eigenvalue weighted by Gasteiger charge is -2.31. The van der Waals surface area contributed by atoms with Crippen LogP contribution in [-0.2, 0) is 11.3 Å². The Morgan fingerprint density at radius 1 is 1.36 bits per heavy atom. The van der Waals surface area contributed by atoms with Crippen LogP contribution < -0.4 is 20.5 Å². The summed E-state index contributed by atoms with van der Waals surface area (Å²) in [4.78, 5) is 13.0. The van der Waals surface area contributed by atoms with E-state index in [-0.39, 0.29) is 11.7 Å². The fraction of sp³-hybridized carbons (Fsp3) is 0.588. The summed E-state index contributed by atoms with van der Waals surface area (Å²) < 4.78 is 34.7. The highest BCUT2D eigenvalue weighted by Crippen LogP contribution is 2.30. The molecule has 1 fully saturated rings. The Hall–Kier alpha value is -1.93. The molecule has 3 N–H and O–H groups in total. The summed E-state index contributed by atoms with van der Waals surface area (Å²) in [6.45, 7) is 1.84. The topological polar surface area (TPSA) is 76.8 Å². The number of carbonyl (C=O) groups excluding carboxylic acids is 1. The number of piperidine rings is 1. The van der Waals surface area contributed by atoms with Crippen LogP contribution in [-0.4, -0.2) is 49.7 Å². The third kappa shape index (κ3) is 6.47. The second kappa shape index (κ2) is 9.53. The number of nitrogens with zero attached hydrogens (tertiary/aromatic N) is 1. The molecule has 140 valence electrons. The van der Waals surface area contributed by atoms with Crippen LogP contribution in [0.15, 0.2) is 18.2 Å². The van der Waals surface area contributed by atoms with Crippen molar-refractivity contribution in [3.05, 3.63) is 23.8 Å². The van der Waals surface area contributed by atoms with E-state index >= 15 is 0 Å². The van der Waals surface area contributed by atoms with Crippen molar-refractivity contribution >= 4 is 5.91 Å². The van der Waals surface area contributed by atoms with E-state index < -0.39 is 6.61 Å². The number of benzene rings is 1. The molecule has 1 heterocycles. The average molecular weight is 357 g/mol. The summed E-state index contributed by atoms with van der Waals surface area (Å²) in [5.74, 6) is 0.0553. The number of rotatable bonds is 9. The molecule has 6 nitrogen and oxygen atoms in total. The van der Waals surface area contributed by atoms with E-state index in [1.807, 2.05) is 4.90 Å². The van der Waals surface area contributed by atoms with E-state index in [1.165, 1.54) is 6.07 Å². The van der Waals surface area contributed by atoms with Gasteiger partial charge in [0.2, 0.25) is 5.91 Å². The van der Waals surface area contributed by atoms with Gasteiger partial charge >= 0.3 is 6.61 Å². The molecule has 1 saturated heterocycles. The lowest BCUT2D eigenvalue weighted by molar-refractivity contribution is -0.119. The van der Waals surface area contributed by atoms with Gasteiger partial charge in [-0.2, -0.15) is 8.78 Å². The van der Waals surface area contributed by atoms with Gasteiger partial charge in [-0.1, -0.05) is 6.07 Å². The summed E-state index contributed by atoms with van der Waals surface area (Å²) in [6.07, 6.45) is 1.86. The highest BCUT2D eigenvalue weighted by atomic mass is 19.3. The first kappa shape index (κ1) is 19.4. The van der Waals surface area contributed by atoms with E-state index in [2.05, 4.69) is 10.1 Å². The summed E-state index contributed by atoms with van der Waals surface area (Å²) in [5.41, 5.74) is 6.14. The Labute approximate surface area is 146 Å². The van der Waals surface area contributed by atoms with Crippen molar-refractivity contribution in [2.24, 2.45) is 5.73 Å². The molecule has 1 aromatic rings. The van der Waals surface area contributed by atoms with Crippen molar-refractivity contribution in [1.82, 2.24) is 10.2 Å². The van der Waals surface area contributed by atoms with E-state index in [9.17, 15) is 13.6 Å². The zero-order chi connectivity index (χ0) is 18.2. The molecule has 0 atom stereocenters. The number of hydrogen-bond donors (Lipinski definition) is 2. The summed E-state index contributed by atoms with van der Waals surface area (Å²) in [7, 11) is 0. The van der Waals surface area contributed by atoms with Crippen molar-refractivity contribution in [3.8, 4) is 11.5 Å².